The van der Waals surface area contributed by atoms with Gasteiger partial charge < -0.3 is 10.1 Å². The Balaban J connectivity index is 1.79. The molecule has 0 fully saturated rings. The Hall–Kier alpha value is -2.67. The van der Waals surface area contributed by atoms with E-state index >= 15 is 0 Å². The minimum absolute atomic E-state index is 0.0974. The number of carbonyl (C=O) groups excluding carboxylic acids is 2. The van der Waals surface area contributed by atoms with Crippen LogP contribution in [0.2, 0.25) is 0 Å². The van der Waals surface area contributed by atoms with E-state index in [9.17, 15) is 13.8 Å². The molecule has 0 radical (unpaired) electrons. The molecule has 1 aliphatic heterocycles. The Morgan fingerprint density at radius 1 is 1.21 bits per heavy atom. The fraction of sp³-hybridized carbons (Fsp3) is 0.176. The minimum Gasteiger partial charge on any atom is -0.482 e. The van der Waals surface area contributed by atoms with E-state index in [0.29, 0.717) is 22.0 Å². The standard InChI is InChI=1S/C17H16N2O4S/c1-24(22)15-9-5-2-6-12(15)18-16(20)10-19-13-7-3-4-8-14(13)23-11-17(19)21/h2-9H,10-11H2,1H3,(H,18,20). The molecule has 2 amide bonds. The number of carbonyl (C=O) groups is 2. The number of rotatable bonds is 4. The number of fused-ring (bicyclic) bond motifs is 1. The number of anilines is 2. The highest BCUT2D eigenvalue weighted by molar-refractivity contribution is 7.84. The molecule has 0 aromatic heterocycles. The highest BCUT2D eigenvalue weighted by atomic mass is 32.2. The molecule has 7 heteroatoms. The second kappa shape index (κ2) is 6.84. The van der Waals surface area contributed by atoms with Crippen LogP contribution in [0.15, 0.2) is 53.4 Å². The molecular weight excluding hydrogens is 328 g/mol. The Morgan fingerprint density at radius 2 is 1.92 bits per heavy atom. The molecule has 0 saturated heterocycles. The lowest BCUT2D eigenvalue weighted by molar-refractivity contribution is -0.123. The summed E-state index contributed by atoms with van der Waals surface area (Å²) >= 11 is 0. The number of ether oxygens (including phenoxy) is 1. The summed E-state index contributed by atoms with van der Waals surface area (Å²) in [5.41, 5.74) is 1.05. The molecule has 2 aromatic carbocycles. The van der Waals surface area contributed by atoms with Gasteiger partial charge in [0, 0.05) is 6.26 Å². The van der Waals surface area contributed by atoms with Gasteiger partial charge in [-0.05, 0) is 24.3 Å². The van der Waals surface area contributed by atoms with Crippen LogP contribution in [-0.2, 0) is 20.4 Å². The van der Waals surface area contributed by atoms with E-state index in [4.69, 9.17) is 4.74 Å². The normalized spacial score (nSPS) is 14.5. The maximum absolute atomic E-state index is 12.4. The van der Waals surface area contributed by atoms with E-state index in [0.717, 1.165) is 0 Å². The molecule has 0 spiro atoms. The molecule has 1 aliphatic rings. The van der Waals surface area contributed by atoms with Crippen LogP contribution in [0.25, 0.3) is 0 Å². The monoisotopic (exact) mass is 344 g/mol. The smallest absolute Gasteiger partial charge is 0.265 e. The van der Waals surface area contributed by atoms with Gasteiger partial charge in [0.2, 0.25) is 5.91 Å². The van der Waals surface area contributed by atoms with Crippen molar-refractivity contribution in [2.75, 3.05) is 29.6 Å². The Morgan fingerprint density at radius 3 is 2.71 bits per heavy atom. The molecule has 1 atom stereocenters. The molecule has 1 N–H and O–H groups in total. The lowest BCUT2D eigenvalue weighted by Gasteiger charge is -2.28. The average molecular weight is 344 g/mol. The highest BCUT2D eigenvalue weighted by Crippen LogP contribution is 2.31. The van der Waals surface area contributed by atoms with Crippen molar-refractivity contribution in [2.45, 2.75) is 4.90 Å². The van der Waals surface area contributed by atoms with Crippen molar-refractivity contribution in [2.24, 2.45) is 0 Å². The van der Waals surface area contributed by atoms with Gasteiger partial charge >= 0.3 is 0 Å². The van der Waals surface area contributed by atoms with Crippen LogP contribution in [0.4, 0.5) is 11.4 Å². The molecule has 124 valence electrons. The molecule has 6 nitrogen and oxygen atoms in total. The van der Waals surface area contributed by atoms with Crippen LogP contribution in [0.1, 0.15) is 0 Å². The van der Waals surface area contributed by atoms with E-state index in [1.165, 1.54) is 4.90 Å². The van der Waals surface area contributed by atoms with Gasteiger partial charge in [-0.15, -0.1) is 0 Å². The molecule has 0 aliphatic carbocycles. The van der Waals surface area contributed by atoms with Crippen molar-refractivity contribution in [1.29, 1.82) is 0 Å². The summed E-state index contributed by atoms with van der Waals surface area (Å²) in [6.07, 6.45) is 1.55. The molecule has 2 aromatic rings. The number of hydrogen-bond acceptors (Lipinski definition) is 4. The SMILES string of the molecule is CS(=O)c1ccccc1NC(=O)CN1C(=O)COc2ccccc21. The zero-order chi connectivity index (χ0) is 17.1. The van der Waals surface area contributed by atoms with E-state index in [2.05, 4.69) is 5.32 Å². The number of para-hydroxylation sites is 3. The molecule has 3 rings (SSSR count). The van der Waals surface area contributed by atoms with Gasteiger partial charge in [-0.1, -0.05) is 24.3 Å². The first kappa shape index (κ1) is 16.2. The number of amides is 2. The quantitative estimate of drug-likeness (QED) is 0.917. The number of nitrogens with zero attached hydrogens (tertiary/aromatic N) is 1. The molecular formula is C17H16N2O4S. The van der Waals surface area contributed by atoms with Crippen molar-refractivity contribution >= 4 is 34.0 Å². The Kier molecular flexibility index (Phi) is 4.61. The summed E-state index contributed by atoms with van der Waals surface area (Å²) in [4.78, 5) is 26.4. The first-order valence-corrected chi connectivity index (χ1v) is 8.86. The highest BCUT2D eigenvalue weighted by Gasteiger charge is 2.27. The van der Waals surface area contributed by atoms with Crippen LogP contribution in [0, 0.1) is 0 Å². The van der Waals surface area contributed by atoms with Gasteiger partial charge in [0.25, 0.3) is 5.91 Å². The van der Waals surface area contributed by atoms with Gasteiger partial charge in [0.1, 0.15) is 12.3 Å². The molecule has 1 unspecified atom stereocenters. The summed E-state index contributed by atoms with van der Waals surface area (Å²) in [5.74, 6) is -0.0749. The number of hydrogen-bond donors (Lipinski definition) is 1. The molecule has 0 saturated carbocycles. The average Bonchev–Trinajstić information content (AvgIpc) is 2.58. The predicted molar refractivity (Wildman–Crippen MR) is 91.7 cm³/mol. The van der Waals surface area contributed by atoms with Crippen molar-refractivity contribution in [1.82, 2.24) is 0 Å². The lowest BCUT2D eigenvalue weighted by Crippen LogP contribution is -2.43. The fourth-order valence-corrected chi connectivity index (χ4v) is 3.18. The number of benzene rings is 2. The van der Waals surface area contributed by atoms with E-state index in [1.54, 1.807) is 54.8 Å². The van der Waals surface area contributed by atoms with Gasteiger partial charge in [-0.2, -0.15) is 0 Å². The Bertz CT molecular complexity index is 822. The maximum Gasteiger partial charge on any atom is 0.265 e. The van der Waals surface area contributed by atoms with E-state index in [-0.39, 0.29) is 25.0 Å². The van der Waals surface area contributed by atoms with Crippen LogP contribution >= 0.6 is 0 Å². The first-order chi connectivity index (χ1) is 11.6. The molecule has 0 bridgehead atoms. The second-order valence-corrected chi connectivity index (χ2v) is 6.58. The Labute approximate surface area is 141 Å². The summed E-state index contributed by atoms with van der Waals surface area (Å²) < 4.78 is 17.1. The summed E-state index contributed by atoms with van der Waals surface area (Å²) in [6.45, 7) is -0.232. The largest absolute Gasteiger partial charge is 0.482 e. The zero-order valence-corrected chi connectivity index (χ0v) is 13.8. The van der Waals surface area contributed by atoms with Crippen LogP contribution in [-0.4, -0.2) is 35.4 Å². The van der Waals surface area contributed by atoms with Gasteiger partial charge in [-0.3, -0.25) is 18.7 Å². The van der Waals surface area contributed by atoms with Crippen molar-refractivity contribution < 1.29 is 18.5 Å². The van der Waals surface area contributed by atoms with Crippen molar-refractivity contribution in [3.63, 3.8) is 0 Å². The second-order valence-electron chi connectivity index (χ2n) is 5.23. The fourth-order valence-electron chi connectivity index (χ4n) is 2.48. The van der Waals surface area contributed by atoms with Gasteiger partial charge in [-0.25, -0.2) is 0 Å². The van der Waals surface area contributed by atoms with Crippen LogP contribution < -0.4 is 15.0 Å². The first-order valence-electron chi connectivity index (χ1n) is 7.31. The molecule has 1 heterocycles. The summed E-state index contributed by atoms with van der Waals surface area (Å²) in [6, 6.07) is 14.0. The maximum atomic E-state index is 12.4. The van der Waals surface area contributed by atoms with Gasteiger partial charge in [0.15, 0.2) is 6.61 Å². The molecule has 24 heavy (non-hydrogen) atoms. The summed E-state index contributed by atoms with van der Waals surface area (Å²) in [7, 11) is -1.22. The summed E-state index contributed by atoms with van der Waals surface area (Å²) in [5, 5.41) is 2.72. The third-order valence-electron chi connectivity index (χ3n) is 3.58. The topological polar surface area (TPSA) is 75.7 Å². The van der Waals surface area contributed by atoms with E-state index < -0.39 is 10.8 Å². The van der Waals surface area contributed by atoms with Gasteiger partial charge in [0.05, 0.1) is 27.1 Å². The number of nitrogens with one attached hydrogen (secondary N) is 1. The third kappa shape index (κ3) is 3.30. The zero-order valence-electron chi connectivity index (χ0n) is 13.0. The lowest BCUT2D eigenvalue weighted by atomic mass is 10.2. The van der Waals surface area contributed by atoms with Crippen molar-refractivity contribution in [3.05, 3.63) is 48.5 Å². The predicted octanol–water partition coefficient (Wildman–Crippen LogP) is 1.79. The van der Waals surface area contributed by atoms with Crippen molar-refractivity contribution in [3.8, 4) is 5.75 Å². The van der Waals surface area contributed by atoms with Crippen LogP contribution in [0.5, 0.6) is 5.75 Å². The third-order valence-corrected chi connectivity index (χ3v) is 4.56. The van der Waals surface area contributed by atoms with Crippen LogP contribution in [0.3, 0.4) is 0 Å². The van der Waals surface area contributed by atoms with E-state index in [1.807, 2.05) is 0 Å². The minimum atomic E-state index is -1.22.